The molecule has 2 aromatic rings. The first-order chi connectivity index (χ1) is 9.63. The van der Waals surface area contributed by atoms with E-state index in [9.17, 15) is 5.11 Å². The summed E-state index contributed by atoms with van der Waals surface area (Å²) in [5.41, 5.74) is 0. The van der Waals surface area contributed by atoms with E-state index in [0.717, 1.165) is 8.95 Å². The van der Waals surface area contributed by atoms with Crippen LogP contribution in [0.25, 0.3) is 0 Å². The Balaban J connectivity index is 1.73. The minimum Gasteiger partial charge on any atom is -0.391 e. The van der Waals surface area contributed by atoms with Gasteiger partial charge in [0, 0.05) is 30.2 Å². The molecule has 0 fully saturated rings. The molecule has 20 heavy (non-hydrogen) atoms. The molecule has 0 atom stereocenters. The van der Waals surface area contributed by atoms with Crippen molar-refractivity contribution in [1.82, 2.24) is 0 Å². The Labute approximate surface area is 144 Å². The van der Waals surface area contributed by atoms with Gasteiger partial charge in [0.25, 0.3) is 0 Å². The average Bonchev–Trinajstić information content (AvgIpc) is 2.46. The zero-order chi connectivity index (χ0) is 14.4. The lowest BCUT2D eigenvalue weighted by Crippen LogP contribution is -2.12. The van der Waals surface area contributed by atoms with E-state index >= 15 is 0 Å². The molecular formula is C15H14Br2OS2. The first kappa shape index (κ1) is 16.4. The van der Waals surface area contributed by atoms with E-state index in [1.54, 1.807) is 23.5 Å². The van der Waals surface area contributed by atoms with Gasteiger partial charge in [0.1, 0.15) is 0 Å². The average molecular weight is 434 g/mol. The molecule has 0 saturated carbocycles. The summed E-state index contributed by atoms with van der Waals surface area (Å²) in [7, 11) is 0. The van der Waals surface area contributed by atoms with Gasteiger partial charge in [0.2, 0.25) is 0 Å². The molecular weight excluding hydrogens is 420 g/mol. The third kappa shape index (κ3) is 5.82. The zero-order valence-corrected chi connectivity index (χ0v) is 15.4. The molecule has 5 heteroatoms. The fraction of sp³-hybridized carbons (Fsp3) is 0.200. The molecule has 106 valence electrons. The van der Waals surface area contributed by atoms with Crippen LogP contribution in [0.15, 0.2) is 67.3 Å². The van der Waals surface area contributed by atoms with Crippen LogP contribution >= 0.6 is 55.4 Å². The molecule has 0 unspecified atom stereocenters. The number of hydrogen-bond donors (Lipinski definition) is 1. The van der Waals surface area contributed by atoms with E-state index in [4.69, 9.17) is 0 Å². The summed E-state index contributed by atoms with van der Waals surface area (Å²) in [5, 5.41) is 10.0. The molecule has 2 aromatic carbocycles. The predicted octanol–water partition coefficient (Wildman–Crippen LogP) is 5.46. The first-order valence-corrected chi connectivity index (χ1v) is 9.64. The summed E-state index contributed by atoms with van der Waals surface area (Å²) >= 11 is 10.2. The van der Waals surface area contributed by atoms with Crippen molar-refractivity contribution in [2.24, 2.45) is 0 Å². The zero-order valence-electron chi connectivity index (χ0n) is 10.6. The summed E-state index contributed by atoms with van der Waals surface area (Å²) in [5.74, 6) is 1.43. The first-order valence-electron chi connectivity index (χ1n) is 6.08. The topological polar surface area (TPSA) is 20.2 Å². The highest BCUT2D eigenvalue weighted by molar-refractivity contribution is 9.10. The maximum absolute atomic E-state index is 10.0. The van der Waals surface area contributed by atoms with Crippen LogP contribution in [0, 0.1) is 0 Å². The highest BCUT2D eigenvalue weighted by Gasteiger charge is 2.06. The second kappa shape index (κ2) is 8.49. The molecule has 0 aliphatic rings. The third-order valence-corrected chi connectivity index (χ3v) is 5.88. The fourth-order valence-electron chi connectivity index (χ4n) is 1.49. The molecule has 0 radical (unpaired) electrons. The van der Waals surface area contributed by atoms with Crippen molar-refractivity contribution in [3.63, 3.8) is 0 Å². The van der Waals surface area contributed by atoms with Crippen molar-refractivity contribution in [3.8, 4) is 0 Å². The Kier molecular flexibility index (Phi) is 6.97. The molecule has 2 rings (SSSR count). The minimum atomic E-state index is -0.308. The van der Waals surface area contributed by atoms with Gasteiger partial charge in [0.15, 0.2) is 0 Å². The number of hydrogen-bond acceptors (Lipinski definition) is 3. The van der Waals surface area contributed by atoms with Crippen LogP contribution in [-0.2, 0) is 0 Å². The maximum atomic E-state index is 10.0. The fourth-order valence-corrected chi connectivity index (χ4v) is 3.83. The minimum absolute atomic E-state index is 0.308. The van der Waals surface area contributed by atoms with Gasteiger partial charge in [-0.2, -0.15) is 0 Å². The van der Waals surface area contributed by atoms with Crippen molar-refractivity contribution < 1.29 is 5.11 Å². The SMILES string of the molecule is OC(CSc1ccc(Br)cc1)CSc1ccc(Br)cc1. The summed E-state index contributed by atoms with van der Waals surface area (Å²) in [6.45, 7) is 0. The Morgan fingerprint density at radius 1 is 0.750 bits per heavy atom. The number of aliphatic hydroxyl groups is 1. The van der Waals surface area contributed by atoms with Crippen molar-refractivity contribution >= 4 is 55.4 Å². The van der Waals surface area contributed by atoms with Crippen molar-refractivity contribution in [2.75, 3.05) is 11.5 Å². The molecule has 0 spiro atoms. The second-order valence-corrected chi connectivity index (χ2v) is 8.20. The number of rotatable bonds is 6. The Hall–Kier alpha value is 0.0600. The van der Waals surface area contributed by atoms with Crippen molar-refractivity contribution in [1.29, 1.82) is 0 Å². The van der Waals surface area contributed by atoms with Crippen LogP contribution < -0.4 is 0 Å². The molecule has 0 heterocycles. The number of thioether (sulfide) groups is 2. The quantitative estimate of drug-likeness (QED) is 0.611. The van der Waals surface area contributed by atoms with Crippen LogP contribution in [0.5, 0.6) is 0 Å². The monoisotopic (exact) mass is 432 g/mol. The van der Waals surface area contributed by atoms with E-state index in [2.05, 4.69) is 56.1 Å². The van der Waals surface area contributed by atoms with Crippen molar-refractivity contribution in [3.05, 3.63) is 57.5 Å². The highest BCUT2D eigenvalue weighted by atomic mass is 79.9. The van der Waals surface area contributed by atoms with Gasteiger partial charge in [-0.3, -0.25) is 0 Å². The Morgan fingerprint density at radius 2 is 1.10 bits per heavy atom. The number of halogens is 2. The van der Waals surface area contributed by atoms with Gasteiger partial charge in [-0.05, 0) is 48.5 Å². The maximum Gasteiger partial charge on any atom is 0.0727 e. The molecule has 1 N–H and O–H groups in total. The molecule has 0 amide bonds. The Morgan fingerprint density at radius 3 is 1.45 bits per heavy atom. The third-order valence-electron chi connectivity index (χ3n) is 2.51. The van der Waals surface area contributed by atoms with E-state index in [1.165, 1.54) is 9.79 Å². The highest BCUT2D eigenvalue weighted by Crippen LogP contribution is 2.25. The predicted molar refractivity (Wildman–Crippen MR) is 95.7 cm³/mol. The van der Waals surface area contributed by atoms with Gasteiger partial charge in [0.05, 0.1) is 6.10 Å². The van der Waals surface area contributed by atoms with Gasteiger partial charge < -0.3 is 5.11 Å². The van der Waals surface area contributed by atoms with E-state index in [-0.39, 0.29) is 6.10 Å². The van der Waals surface area contributed by atoms with E-state index in [1.807, 2.05) is 24.3 Å². The van der Waals surface area contributed by atoms with Crippen LogP contribution in [0.3, 0.4) is 0 Å². The smallest absolute Gasteiger partial charge is 0.0727 e. The lowest BCUT2D eigenvalue weighted by Gasteiger charge is -2.10. The van der Waals surface area contributed by atoms with Gasteiger partial charge in [-0.25, -0.2) is 0 Å². The van der Waals surface area contributed by atoms with E-state index < -0.39 is 0 Å². The lowest BCUT2D eigenvalue weighted by atomic mass is 10.4. The van der Waals surface area contributed by atoms with Crippen LogP contribution in [0.1, 0.15) is 0 Å². The number of aliphatic hydroxyl groups excluding tert-OH is 1. The summed E-state index contributed by atoms with van der Waals surface area (Å²) < 4.78 is 2.15. The van der Waals surface area contributed by atoms with Gasteiger partial charge in [-0.1, -0.05) is 31.9 Å². The van der Waals surface area contributed by atoms with Crippen LogP contribution in [-0.4, -0.2) is 22.7 Å². The molecule has 0 aliphatic carbocycles. The largest absolute Gasteiger partial charge is 0.391 e. The van der Waals surface area contributed by atoms with Gasteiger partial charge >= 0.3 is 0 Å². The van der Waals surface area contributed by atoms with Gasteiger partial charge in [-0.15, -0.1) is 23.5 Å². The van der Waals surface area contributed by atoms with E-state index in [0.29, 0.717) is 11.5 Å². The normalized spacial score (nSPS) is 11.0. The summed E-state index contributed by atoms with van der Waals surface area (Å²) in [6.07, 6.45) is -0.308. The van der Waals surface area contributed by atoms with Crippen LogP contribution in [0.4, 0.5) is 0 Å². The molecule has 1 nitrogen and oxygen atoms in total. The van der Waals surface area contributed by atoms with Crippen molar-refractivity contribution in [2.45, 2.75) is 15.9 Å². The molecule has 0 aromatic heterocycles. The van der Waals surface area contributed by atoms with Crippen LogP contribution in [0.2, 0.25) is 0 Å². The molecule has 0 bridgehead atoms. The molecule has 0 aliphatic heterocycles. The standard InChI is InChI=1S/C15H14Br2OS2/c16-11-1-5-14(6-2-11)19-9-13(18)10-20-15-7-3-12(17)4-8-15/h1-8,13,18H,9-10H2. The second-order valence-electron chi connectivity index (χ2n) is 4.18. The lowest BCUT2D eigenvalue weighted by molar-refractivity contribution is 0.225. The molecule has 0 saturated heterocycles. The number of benzene rings is 2. The Bertz CT molecular complexity index is 479. The summed E-state index contributed by atoms with van der Waals surface area (Å²) in [4.78, 5) is 2.36. The summed E-state index contributed by atoms with van der Waals surface area (Å²) in [6, 6.07) is 16.3.